The molecule has 2 rings (SSSR count). The smallest absolute Gasteiger partial charge is 0.176 e. The van der Waals surface area contributed by atoms with E-state index in [-0.39, 0.29) is 11.6 Å². The summed E-state index contributed by atoms with van der Waals surface area (Å²) in [4.78, 5) is 26.2. The zero-order valence-corrected chi connectivity index (χ0v) is 15.1. The molecule has 4 nitrogen and oxygen atoms in total. The summed E-state index contributed by atoms with van der Waals surface area (Å²) in [5, 5.41) is 0. The van der Waals surface area contributed by atoms with Crippen molar-refractivity contribution in [1.29, 1.82) is 0 Å². The molecule has 0 atom stereocenters. The lowest BCUT2D eigenvalue weighted by atomic mass is 10.1. The number of anilines is 1. The van der Waals surface area contributed by atoms with Crippen molar-refractivity contribution >= 4 is 17.3 Å². The molecule has 128 valence electrons. The molecule has 0 spiro atoms. The maximum absolute atomic E-state index is 11.4. The van der Waals surface area contributed by atoms with Gasteiger partial charge in [-0.1, -0.05) is 30.3 Å². The van der Waals surface area contributed by atoms with Crippen molar-refractivity contribution in [1.82, 2.24) is 4.90 Å². The molecule has 0 aliphatic heterocycles. The van der Waals surface area contributed by atoms with E-state index in [4.69, 9.17) is 0 Å². The van der Waals surface area contributed by atoms with Gasteiger partial charge in [-0.15, -0.1) is 0 Å². The first-order valence-corrected chi connectivity index (χ1v) is 7.82. The van der Waals surface area contributed by atoms with Gasteiger partial charge in [-0.3, -0.25) is 9.59 Å². The maximum Gasteiger partial charge on any atom is 0.176 e. The first-order valence-electron chi connectivity index (χ1n) is 7.82. The van der Waals surface area contributed by atoms with E-state index in [1.54, 1.807) is 6.92 Å². The molecule has 24 heavy (non-hydrogen) atoms. The predicted molar refractivity (Wildman–Crippen MR) is 100 cm³/mol. The molecule has 0 bridgehead atoms. The Morgan fingerprint density at radius 2 is 1.33 bits per heavy atom. The Morgan fingerprint density at radius 3 is 1.75 bits per heavy atom. The second-order valence-corrected chi connectivity index (χ2v) is 6.02. The van der Waals surface area contributed by atoms with Crippen molar-refractivity contribution in [2.45, 2.75) is 6.92 Å². The molecule has 0 unspecified atom stereocenters. The van der Waals surface area contributed by atoms with Crippen molar-refractivity contribution in [2.24, 2.45) is 0 Å². The van der Waals surface area contributed by atoms with Gasteiger partial charge in [0.25, 0.3) is 0 Å². The van der Waals surface area contributed by atoms with Crippen LogP contribution in [0.25, 0.3) is 0 Å². The molecule has 0 radical (unpaired) electrons. The molecule has 2 aromatic rings. The Bertz CT molecular complexity index is 647. The Hall–Kier alpha value is -2.46. The molecule has 0 amide bonds. The highest BCUT2D eigenvalue weighted by Gasteiger charge is 2.04. The lowest BCUT2D eigenvalue weighted by Crippen LogP contribution is -2.21. The van der Waals surface area contributed by atoms with E-state index >= 15 is 0 Å². The Morgan fingerprint density at radius 1 is 0.792 bits per heavy atom. The summed E-state index contributed by atoms with van der Waals surface area (Å²) in [5.41, 5.74) is 2.66. The molecule has 0 N–H and O–H groups in total. The molecule has 0 aliphatic carbocycles. The largest absolute Gasteiger partial charge is 0.378 e. The van der Waals surface area contributed by atoms with Gasteiger partial charge in [0.2, 0.25) is 0 Å². The van der Waals surface area contributed by atoms with Crippen LogP contribution < -0.4 is 4.90 Å². The highest BCUT2D eigenvalue weighted by Crippen LogP contribution is 2.12. The lowest BCUT2D eigenvalue weighted by Gasteiger charge is -2.11. The van der Waals surface area contributed by atoms with Crippen LogP contribution in [0.1, 0.15) is 27.6 Å². The topological polar surface area (TPSA) is 40.6 Å². The van der Waals surface area contributed by atoms with Crippen molar-refractivity contribution in [3.63, 3.8) is 0 Å². The van der Waals surface area contributed by atoms with Gasteiger partial charge < -0.3 is 9.80 Å². The van der Waals surface area contributed by atoms with Crippen LogP contribution in [0.3, 0.4) is 0 Å². The average Bonchev–Trinajstić information content (AvgIpc) is 2.55. The van der Waals surface area contributed by atoms with Crippen LogP contribution >= 0.6 is 0 Å². The summed E-state index contributed by atoms with van der Waals surface area (Å²) in [7, 11) is 7.73. The third-order valence-corrected chi connectivity index (χ3v) is 3.35. The highest BCUT2D eigenvalue weighted by atomic mass is 16.1. The van der Waals surface area contributed by atoms with Crippen molar-refractivity contribution < 1.29 is 9.59 Å². The number of likely N-dealkylation sites (N-methyl/N-ethyl adjacent to an activating group) is 1. The van der Waals surface area contributed by atoms with Crippen LogP contribution in [0.5, 0.6) is 0 Å². The summed E-state index contributed by atoms with van der Waals surface area (Å²) >= 11 is 0. The number of Topliss-reactive ketones (excluding diaryl/α,β-unsaturated/α-hetero) is 2. The van der Waals surface area contributed by atoms with Crippen LogP contribution in [-0.2, 0) is 0 Å². The first-order chi connectivity index (χ1) is 11.3. The van der Waals surface area contributed by atoms with Gasteiger partial charge in [0.15, 0.2) is 11.6 Å². The Balaban J connectivity index is 0.000000240. The molecule has 0 saturated carbocycles. The van der Waals surface area contributed by atoms with Crippen LogP contribution in [0.4, 0.5) is 5.69 Å². The number of hydrogen-bond donors (Lipinski definition) is 0. The molecule has 0 fully saturated rings. The van der Waals surface area contributed by atoms with Gasteiger partial charge in [0.05, 0.1) is 6.54 Å². The summed E-state index contributed by atoms with van der Waals surface area (Å²) in [6, 6.07) is 16.9. The number of hydrogen-bond acceptors (Lipinski definition) is 4. The quantitative estimate of drug-likeness (QED) is 0.790. The van der Waals surface area contributed by atoms with E-state index in [1.807, 2.05) is 92.6 Å². The van der Waals surface area contributed by atoms with Crippen molar-refractivity contribution in [3.05, 3.63) is 65.7 Å². The number of carbonyl (C=O) groups is 2. The average molecular weight is 326 g/mol. The van der Waals surface area contributed by atoms with Crippen molar-refractivity contribution in [3.8, 4) is 0 Å². The van der Waals surface area contributed by atoms with Gasteiger partial charge >= 0.3 is 0 Å². The van der Waals surface area contributed by atoms with Gasteiger partial charge in [-0.05, 0) is 45.3 Å². The molecule has 0 saturated heterocycles. The van der Waals surface area contributed by atoms with E-state index in [2.05, 4.69) is 0 Å². The summed E-state index contributed by atoms with van der Waals surface area (Å²) in [6.45, 7) is 2.05. The minimum Gasteiger partial charge on any atom is -0.378 e. The molecular weight excluding hydrogens is 300 g/mol. The van der Waals surface area contributed by atoms with E-state index in [0.29, 0.717) is 6.54 Å². The zero-order valence-electron chi connectivity index (χ0n) is 15.1. The van der Waals surface area contributed by atoms with Crippen molar-refractivity contribution in [2.75, 3.05) is 39.6 Å². The van der Waals surface area contributed by atoms with Gasteiger partial charge in [0, 0.05) is 30.9 Å². The summed E-state index contributed by atoms with van der Waals surface area (Å²) in [5.74, 6) is 0.279. The molecular formula is C20H26N2O2. The van der Waals surface area contributed by atoms with Crippen LogP contribution in [0.2, 0.25) is 0 Å². The first kappa shape index (κ1) is 19.6. The molecule has 0 aliphatic rings. The lowest BCUT2D eigenvalue weighted by molar-refractivity contribution is 0.0956. The standard InChI is InChI=1S/2C10H13NO/c1-8(12)9-4-6-10(7-5-9)11(2)3;1-11(2)8-10(12)9-6-4-3-5-7-9/h4-7H,1-3H3;3-7H,8H2,1-2H3. The minimum absolute atomic E-state index is 0.111. The maximum atomic E-state index is 11.4. The van der Waals surface area contributed by atoms with E-state index in [9.17, 15) is 9.59 Å². The number of carbonyl (C=O) groups excluding carboxylic acids is 2. The second-order valence-electron chi connectivity index (χ2n) is 6.02. The molecule has 0 heterocycles. The SMILES string of the molecule is CC(=O)c1ccc(N(C)C)cc1.CN(C)CC(=O)c1ccccc1. The van der Waals surface area contributed by atoms with Crippen LogP contribution in [-0.4, -0.2) is 51.2 Å². The zero-order chi connectivity index (χ0) is 18.1. The Kier molecular flexibility index (Phi) is 7.86. The van der Waals surface area contributed by atoms with Gasteiger partial charge in [0.1, 0.15) is 0 Å². The Labute approximate surface area is 144 Å². The number of rotatable bonds is 5. The fraction of sp³-hybridized carbons (Fsp3) is 0.300. The monoisotopic (exact) mass is 326 g/mol. The normalized spacial score (nSPS) is 9.92. The highest BCUT2D eigenvalue weighted by molar-refractivity contribution is 5.97. The molecule has 0 aromatic heterocycles. The van der Waals surface area contributed by atoms with Crippen LogP contribution in [0.15, 0.2) is 54.6 Å². The van der Waals surface area contributed by atoms with E-state index in [1.165, 1.54) is 0 Å². The fourth-order valence-electron chi connectivity index (χ4n) is 2.00. The van der Waals surface area contributed by atoms with Gasteiger partial charge in [-0.2, -0.15) is 0 Å². The molecule has 4 heteroatoms. The minimum atomic E-state index is 0.111. The second kappa shape index (κ2) is 9.63. The summed E-state index contributed by atoms with van der Waals surface area (Å²) in [6.07, 6.45) is 0. The van der Waals surface area contributed by atoms with Gasteiger partial charge in [-0.25, -0.2) is 0 Å². The van der Waals surface area contributed by atoms with E-state index < -0.39 is 0 Å². The number of nitrogens with zero attached hydrogens (tertiary/aromatic N) is 2. The third-order valence-electron chi connectivity index (χ3n) is 3.35. The predicted octanol–water partition coefficient (Wildman–Crippen LogP) is 3.39. The molecule has 2 aromatic carbocycles. The number of ketones is 2. The fourth-order valence-corrected chi connectivity index (χ4v) is 2.00. The number of benzene rings is 2. The summed E-state index contributed by atoms with van der Waals surface area (Å²) < 4.78 is 0. The third kappa shape index (κ3) is 6.75. The van der Waals surface area contributed by atoms with E-state index in [0.717, 1.165) is 16.8 Å². The van der Waals surface area contributed by atoms with Crippen LogP contribution in [0, 0.1) is 0 Å².